The summed E-state index contributed by atoms with van der Waals surface area (Å²) in [5.74, 6) is -0.651. The maximum absolute atomic E-state index is 11.1. The van der Waals surface area contributed by atoms with Crippen molar-refractivity contribution in [1.29, 1.82) is 0 Å². The minimum Gasteiger partial charge on any atom is -0.478 e. The number of carboxylic acid groups (broad SMARTS) is 1. The van der Waals surface area contributed by atoms with E-state index in [1.165, 1.54) is 0 Å². The van der Waals surface area contributed by atoms with Gasteiger partial charge in [0.15, 0.2) is 0 Å². The quantitative estimate of drug-likeness (QED) is 0.899. The van der Waals surface area contributed by atoms with Crippen LogP contribution in [0.4, 0.5) is 0 Å². The zero-order valence-corrected chi connectivity index (χ0v) is 9.66. The molecule has 1 aliphatic rings. The largest absolute Gasteiger partial charge is 0.478 e. The van der Waals surface area contributed by atoms with Gasteiger partial charge >= 0.3 is 5.97 Å². The molecular weight excluding hydrogens is 260 g/mol. The molecule has 0 saturated carbocycles. The Labute approximate surface area is 96.2 Å². The van der Waals surface area contributed by atoms with Crippen molar-refractivity contribution in [2.24, 2.45) is 0 Å². The Morgan fingerprint density at radius 3 is 2.93 bits per heavy atom. The van der Waals surface area contributed by atoms with Gasteiger partial charge in [-0.1, -0.05) is 22.0 Å². The van der Waals surface area contributed by atoms with Gasteiger partial charge in [0, 0.05) is 17.0 Å². The SMILES string of the molecule is O=C(O)c1cc(Br)ccc1C1CCOC1. The van der Waals surface area contributed by atoms with E-state index in [9.17, 15) is 4.79 Å². The van der Waals surface area contributed by atoms with Gasteiger partial charge in [-0.05, 0) is 24.1 Å². The van der Waals surface area contributed by atoms with Crippen molar-refractivity contribution in [1.82, 2.24) is 0 Å². The fraction of sp³-hybridized carbons (Fsp3) is 0.364. The third-order valence-corrected chi connectivity index (χ3v) is 3.11. The molecule has 80 valence electrons. The number of ether oxygens (including phenoxy) is 1. The van der Waals surface area contributed by atoms with Gasteiger partial charge < -0.3 is 9.84 Å². The first-order valence-corrected chi connectivity index (χ1v) is 5.58. The van der Waals surface area contributed by atoms with Crippen LogP contribution in [0.3, 0.4) is 0 Å². The standard InChI is InChI=1S/C11H11BrO3/c12-8-1-2-9(7-3-4-15-6-7)10(5-8)11(13)14/h1-2,5,7H,3-4,6H2,(H,13,14). The highest BCUT2D eigenvalue weighted by Gasteiger charge is 2.22. The Hall–Kier alpha value is -0.870. The maximum Gasteiger partial charge on any atom is 0.336 e. The number of aromatic carboxylic acids is 1. The normalized spacial score (nSPS) is 20.5. The Balaban J connectivity index is 2.40. The van der Waals surface area contributed by atoms with Crippen LogP contribution in [0.2, 0.25) is 0 Å². The van der Waals surface area contributed by atoms with Crippen LogP contribution in [0, 0.1) is 0 Å². The average molecular weight is 271 g/mol. The Bertz CT molecular complexity index is 383. The van der Waals surface area contributed by atoms with E-state index in [1.807, 2.05) is 12.1 Å². The minimum atomic E-state index is -0.877. The molecule has 2 rings (SSSR count). The van der Waals surface area contributed by atoms with Gasteiger partial charge in [0.2, 0.25) is 0 Å². The van der Waals surface area contributed by atoms with Crippen molar-refractivity contribution in [3.05, 3.63) is 33.8 Å². The molecule has 1 heterocycles. The van der Waals surface area contributed by atoms with Gasteiger partial charge in [-0.2, -0.15) is 0 Å². The highest BCUT2D eigenvalue weighted by Crippen LogP contribution is 2.29. The lowest BCUT2D eigenvalue weighted by molar-refractivity contribution is 0.0695. The van der Waals surface area contributed by atoms with Crippen LogP contribution in [-0.4, -0.2) is 24.3 Å². The third kappa shape index (κ3) is 2.21. The van der Waals surface area contributed by atoms with Crippen LogP contribution < -0.4 is 0 Å². The topological polar surface area (TPSA) is 46.5 Å². The van der Waals surface area contributed by atoms with Crippen LogP contribution >= 0.6 is 15.9 Å². The van der Waals surface area contributed by atoms with Gasteiger partial charge in [-0.25, -0.2) is 4.79 Å². The summed E-state index contributed by atoms with van der Waals surface area (Å²) in [6.07, 6.45) is 0.905. The number of carboxylic acids is 1. The van der Waals surface area contributed by atoms with E-state index in [-0.39, 0.29) is 5.92 Å². The molecule has 1 aliphatic heterocycles. The molecule has 0 spiro atoms. The molecule has 0 amide bonds. The Morgan fingerprint density at radius 1 is 1.53 bits per heavy atom. The zero-order valence-electron chi connectivity index (χ0n) is 8.07. The summed E-state index contributed by atoms with van der Waals surface area (Å²) in [5, 5.41) is 9.09. The van der Waals surface area contributed by atoms with E-state index < -0.39 is 5.97 Å². The first-order valence-electron chi connectivity index (χ1n) is 4.79. The molecule has 1 N–H and O–H groups in total. The summed E-state index contributed by atoms with van der Waals surface area (Å²) in [6.45, 7) is 1.35. The summed E-state index contributed by atoms with van der Waals surface area (Å²) in [5.41, 5.74) is 1.25. The second-order valence-electron chi connectivity index (χ2n) is 3.60. The minimum absolute atomic E-state index is 0.226. The highest BCUT2D eigenvalue weighted by atomic mass is 79.9. The number of hydrogen-bond donors (Lipinski definition) is 1. The summed E-state index contributed by atoms with van der Waals surface area (Å²) < 4.78 is 6.07. The monoisotopic (exact) mass is 270 g/mol. The molecule has 1 unspecified atom stereocenters. The van der Waals surface area contributed by atoms with Gasteiger partial charge in [-0.3, -0.25) is 0 Å². The van der Waals surface area contributed by atoms with Crippen LogP contribution in [0.15, 0.2) is 22.7 Å². The number of halogens is 1. The highest BCUT2D eigenvalue weighted by molar-refractivity contribution is 9.10. The Kier molecular flexibility index (Phi) is 3.07. The van der Waals surface area contributed by atoms with E-state index in [0.717, 1.165) is 23.1 Å². The van der Waals surface area contributed by atoms with Crippen molar-refractivity contribution in [2.75, 3.05) is 13.2 Å². The van der Waals surface area contributed by atoms with Gasteiger partial charge in [-0.15, -0.1) is 0 Å². The van der Waals surface area contributed by atoms with Gasteiger partial charge in [0.05, 0.1) is 12.2 Å². The molecule has 0 radical (unpaired) electrons. The molecule has 4 heteroatoms. The molecule has 1 aromatic carbocycles. The maximum atomic E-state index is 11.1. The van der Waals surface area contributed by atoms with Crippen LogP contribution in [0.25, 0.3) is 0 Å². The van der Waals surface area contributed by atoms with E-state index in [2.05, 4.69) is 15.9 Å². The molecule has 1 atom stereocenters. The van der Waals surface area contributed by atoms with Crippen LogP contribution in [0.5, 0.6) is 0 Å². The predicted octanol–water partition coefficient (Wildman–Crippen LogP) is 2.65. The molecule has 1 aromatic rings. The van der Waals surface area contributed by atoms with Crippen molar-refractivity contribution < 1.29 is 14.6 Å². The first-order chi connectivity index (χ1) is 7.18. The lowest BCUT2D eigenvalue weighted by Gasteiger charge is -2.11. The number of carbonyl (C=O) groups is 1. The molecule has 0 aliphatic carbocycles. The zero-order chi connectivity index (χ0) is 10.8. The van der Waals surface area contributed by atoms with Crippen molar-refractivity contribution in [2.45, 2.75) is 12.3 Å². The molecule has 1 saturated heterocycles. The van der Waals surface area contributed by atoms with Crippen LogP contribution in [-0.2, 0) is 4.74 Å². The smallest absolute Gasteiger partial charge is 0.336 e. The molecule has 0 bridgehead atoms. The van der Waals surface area contributed by atoms with Gasteiger partial charge in [0.1, 0.15) is 0 Å². The van der Waals surface area contributed by atoms with E-state index in [1.54, 1.807) is 6.07 Å². The molecular formula is C11H11BrO3. The van der Waals surface area contributed by atoms with Crippen molar-refractivity contribution in [3.63, 3.8) is 0 Å². The second kappa shape index (κ2) is 4.33. The van der Waals surface area contributed by atoms with Crippen molar-refractivity contribution >= 4 is 21.9 Å². The third-order valence-electron chi connectivity index (χ3n) is 2.62. The molecule has 3 nitrogen and oxygen atoms in total. The number of benzene rings is 1. The summed E-state index contributed by atoms with van der Waals surface area (Å²) in [7, 11) is 0. The van der Waals surface area contributed by atoms with E-state index in [4.69, 9.17) is 9.84 Å². The fourth-order valence-electron chi connectivity index (χ4n) is 1.85. The van der Waals surface area contributed by atoms with Gasteiger partial charge in [0.25, 0.3) is 0 Å². The lowest BCUT2D eigenvalue weighted by Crippen LogP contribution is -2.07. The van der Waals surface area contributed by atoms with Crippen molar-refractivity contribution in [3.8, 4) is 0 Å². The number of rotatable bonds is 2. The van der Waals surface area contributed by atoms with E-state index >= 15 is 0 Å². The average Bonchev–Trinajstić information content (AvgIpc) is 2.70. The lowest BCUT2D eigenvalue weighted by atomic mass is 9.94. The first kappa shape index (κ1) is 10.6. The molecule has 1 fully saturated rings. The summed E-state index contributed by atoms with van der Waals surface area (Å²) in [6, 6.07) is 5.39. The Morgan fingerprint density at radius 2 is 2.33 bits per heavy atom. The molecule has 15 heavy (non-hydrogen) atoms. The summed E-state index contributed by atoms with van der Waals surface area (Å²) in [4.78, 5) is 11.1. The predicted molar refractivity (Wildman–Crippen MR) is 59.3 cm³/mol. The second-order valence-corrected chi connectivity index (χ2v) is 4.51. The van der Waals surface area contributed by atoms with Crippen LogP contribution in [0.1, 0.15) is 28.3 Å². The molecule has 0 aromatic heterocycles. The summed E-state index contributed by atoms with van der Waals surface area (Å²) >= 11 is 3.28. The fourth-order valence-corrected chi connectivity index (χ4v) is 2.21. The number of hydrogen-bond acceptors (Lipinski definition) is 2. The van der Waals surface area contributed by atoms with E-state index in [0.29, 0.717) is 12.2 Å².